The van der Waals surface area contributed by atoms with Crippen LogP contribution in [0.5, 0.6) is 5.75 Å². The summed E-state index contributed by atoms with van der Waals surface area (Å²) in [7, 11) is 0. The van der Waals surface area contributed by atoms with Crippen LogP contribution >= 0.6 is 0 Å². The molecule has 82 valence electrons. The fraction of sp³-hybridized carbons (Fsp3) is 0.417. The Kier molecular flexibility index (Phi) is 3.72. The van der Waals surface area contributed by atoms with Gasteiger partial charge in [0.15, 0.2) is 0 Å². The lowest BCUT2D eigenvalue weighted by atomic mass is 10.1. The zero-order valence-electron chi connectivity index (χ0n) is 9.28. The van der Waals surface area contributed by atoms with E-state index in [1.807, 2.05) is 13.8 Å². The van der Waals surface area contributed by atoms with Crippen molar-refractivity contribution >= 4 is 5.97 Å². The average Bonchev–Trinajstić information content (AvgIpc) is 2.13. The second-order valence-corrected chi connectivity index (χ2v) is 3.96. The van der Waals surface area contributed by atoms with Crippen molar-refractivity contribution < 1.29 is 14.6 Å². The Morgan fingerprint density at radius 3 is 2.67 bits per heavy atom. The van der Waals surface area contributed by atoms with E-state index in [1.165, 1.54) is 0 Å². The molecule has 0 radical (unpaired) electrons. The van der Waals surface area contributed by atoms with Gasteiger partial charge in [0.2, 0.25) is 0 Å². The maximum absolute atomic E-state index is 11.0. The molecule has 0 unspecified atom stereocenters. The molecule has 1 aromatic rings. The molecule has 0 spiro atoms. The molecule has 0 aromatic heterocycles. The molecule has 1 rings (SSSR count). The SMILES string of the molecule is Cc1cccc(OCC(C)C)c1C(=O)O. The van der Waals surface area contributed by atoms with Crippen LogP contribution in [0.25, 0.3) is 0 Å². The average molecular weight is 208 g/mol. The van der Waals surface area contributed by atoms with Gasteiger partial charge in [-0.3, -0.25) is 0 Å². The highest BCUT2D eigenvalue weighted by Crippen LogP contribution is 2.22. The zero-order chi connectivity index (χ0) is 11.4. The van der Waals surface area contributed by atoms with Crippen LogP contribution in [0.15, 0.2) is 18.2 Å². The molecule has 1 N–H and O–H groups in total. The molecule has 0 aliphatic rings. The first-order valence-electron chi connectivity index (χ1n) is 4.98. The fourth-order valence-corrected chi connectivity index (χ4v) is 1.29. The Labute approximate surface area is 89.7 Å². The minimum atomic E-state index is -0.938. The first-order valence-corrected chi connectivity index (χ1v) is 4.98. The van der Waals surface area contributed by atoms with Gasteiger partial charge >= 0.3 is 5.97 Å². The van der Waals surface area contributed by atoms with Crippen molar-refractivity contribution in [2.75, 3.05) is 6.61 Å². The molecule has 0 atom stereocenters. The summed E-state index contributed by atoms with van der Waals surface area (Å²) in [4.78, 5) is 11.0. The van der Waals surface area contributed by atoms with Crippen LogP contribution in [0.4, 0.5) is 0 Å². The zero-order valence-corrected chi connectivity index (χ0v) is 9.28. The van der Waals surface area contributed by atoms with Gasteiger partial charge in [-0.15, -0.1) is 0 Å². The highest BCUT2D eigenvalue weighted by molar-refractivity contribution is 5.92. The number of hydrogen-bond donors (Lipinski definition) is 1. The molecule has 0 saturated heterocycles. The molecule has 0 saturated carbocycles. The fourth-order valence-electron chi connectivity index (χ4n) is 1.29. The van der Waals surface area contributed by atoms with Crippen LogP contribution in [0.3, 0.4) is 0 Å². The summed E-state index contributed by atoms with van der Waals surface area (Å²) < 4.78 is 5.46. The van der Waals surface area contributed by atoms with Crippen LogP contribution in [0, 0.1) is 12.8 Å². The van der Waals surface area contributed by atoms with Crippen LogP contribution in [0.2, 0.25) is 0 Å². The lowest BCUT2D eigenvalue weighted by Crippen LogP contribution is -2.09. The molecule has 0 amide bonds. The molecule has 3 nitrogen and oxygen atoms in total. The molecule has 0 aliphatic heterocycles. The van der Waals surface area contributed by atoms with Gasteiger partial charge in [-0.25, -0.2) is 4.79 Å². The molecular weight excluding hydrogens is 192 g/mol. The molecule has 0 bridgehead atoms. The van der Waals surface area contributed by atoms with Gasteiger partial charge in [-0.05, 0) is 24.5 Å². The Hall–Kier alpha value is -1.51. The highest BCUT2D eigenvalue weighted by Gasteiger charge is 2.14. The van der Waals surface area contributed by atoms with Crippen LogP contribution in [-0.4, -0.2) is 17.7 Å². The smallest absolute Gasteiger partial charge is 0.339 e. The van der Waals surface area contributed by atoms with Gasteiger partial charge < -0.3 is 9.84 Å². The summed E-state index contributed by atoms with van der Waals surface area (Å²) in [5.74, 6) is -0.102. The van der Waals surface area contributed by atoms with Crippen molar-refractivity contribution in [2.45, 2.75) is 20.8 Å². The number of rotatable bonds is 4. The van der Waals surface area contributed by atoms with Crippen molar-refractivity contribution in [3.8, 4) is 5.75 Å². The minimum absolute atomic E-state index is 0.262. The summed E-state index contributed by atoms with van der Waals surface area (Å²) >= 11 is 0. The van der Waals surface area contributed by atoms with E-state index in [9.17, 15) is 4.79 Å². The first kappa shape index (κ1) is 11.6. The molecular formula is C12H16O3. The van der Waals surface area contributed by atoms with Gasteiger partial charge in [0.1, 0.15) is 11.3 Å². The third-order valence-corrected chi connectivity index (χ3v) is 2.02. The third kappa shape index (κ3) is 2.98. The Bertz CT molecular complexity index is 356. The summed E-state index contributed by atoms with van der Waals surface area (Å²) in [6.45, 7) is 6.35. The Morgan fingerprint density at radius 1 is 1.47 bits per heavy atom. The van der Waals surface area contributed by atoms with Gasteiger partial charge in [0.05, 0.1) is 6.61 Å². The van der Waals surface area contributed by atoms with Crippen molar-refractivity contribution in [1.82, 2.24) is 0 Å². The second kappa shape index (κ2) is 4.82. The molecule has 0 heterocycles. The Balaban J connectivity index is 2.96. The number of hydrogen-bond acceptors (Lipinski definition) is 2. The maximum atomic E-state index is 11.0. The van der Waals surface area contributed by atoms with E-state index in [0.29, 0.717) is 18.3 Å². The van der Waals surface area contributed by atoms with Crippen LogP contribution < -0.4 is 4.74 Å². The quantitative estimate of drug-likeness (QED) is 0.827. The lowest BCUT2D eigenvalue weighted by molar-refractivity contribution is 0.0690. The van der Waals surface area contributed by atoms with E-state index in [2.05, 4.69) is 0 Å². The molecule has 15 heavy (non-hydrogen) atoms. The van der Waals surface area contributed by atoms with E-state index in [4.69, 9.17) is 9.84 Å². The standard InChI is InChI=1S/C12H16O3/c1-8(2)7-15-10-6-4-5-9(3)11(10)12(13)14/h4-6,8H,7H2,1-3H3,(H,13,14). The number of carboxylic acid groups (broad SMARTS) is 1. The summed E-state index contributed by atoms with van der Waals surface area (Å²) in [5, 5.41) is 9.03. The Morgan fingerprint density at radius 2 is 2.13 bits per heavy atom. The van der Waals surface area contributed by atoms with Gasteiger partial charge in [-0.2, -0.15) is 0 Å². The number of benzene rings is 1. The topological polar surface area (TPSA) is 46.5 Å². The van der Waals surface area contributed by atoms with E-state index >= 15 is 0 Å². The summed E-state index contributed by atoms with van der Waals surface area (Å²) in [5.41, 5.74) is 0.988. The van der Waals surface area contributed by atoms with Gasteiger partial charge in [0, 0.05) is 0 Å². The van der Waals surface area contributed by atoms with Gasteiger partial charge in [-0.1, -0.05) is 26.0 Å². The highest BCUT2D eigenvalue weighted by atomic mass is 16.5. The van der Waals surface area contributed by atoms with Crippen molar-refractivity contribution in [3.63, 3.8) is 0 Å². The molecule has 0 aliphatic carbocycles. The number of ether oxygens (including phenoxy) is 1. The summed E-state index contributed by atoms with van der Waals surface area (Å²) in [6.07, 6.45) is 0. The van der Waals surface area contributed by atoms with E-state index in [-0.39, 0.29) is 5.56 Å². The largest absolute Gasteiger partial charge is 0.492 e. The lowest BCUT2D eigenvalue weighted by Gasteiger charge is -2.12. The monoisotopic (exact) mass is 208 g/mol. The third-order valence-electron chi connectivity index (χ3n) is 2.02. The number of aryl methyl sites for hydroxylation is 1. The number of aromatic carboxylic acids is 1. The predicted molar refractivity (Wildman–Crippen MR) is 58.5 cm³/mol. The first-order chi connectivity index (χ1) is 7.02. The second-order valence-electron chi connectivity index (χ2n) is 3.96. The molecule has 1 aromatic carbocycles. The maximum Gasteiger partial charge on any atom is 0.339 e. The van der Waals surface area contributed by atoms with E-state index < -0.39 is 5.97 Å². The van der Waals surface area contributed by atoms with Gasteiger partial charge in [0.25, 0.3) is 0 Å². The molecule has 0 fully saturated rings. The van der Waals surface area contributed by atoms with Crippen molar-refractivity contribution in [2.24, 2.45) is 5.92 Å². The minimum Gasteiger partial charge on any atom is -0.492 e. The molecule has 3 heteroatoms. The van der Waals surface area contributed by atoms with Crippen LogP contribution in [-0.2, 0) is 0 Å². The van der Waals surface area contributed by atoms with E-state index in [0.717, 1.165) is 5.56 Å². The number of carbonyl (C=O) groups is 1. The van der Waals surface area contributed by atoms with E-state index in [1.54, 1.807) is 25.1 Å². The van der Waals surface area contributed by atoms with Crippen molar-refractivity contribution in [3.05, 3.63) is 29.3 Å². The number of carboxylic acids is 1. The van der Waals surface area contributed by atoms with Crippen molar-refractivity contribution in [1.29, 1.82) is 0 Å². The summed E-state index contributed by atoms with van der Waals surface area (Å²) in [6, 6.07) is 5.27. The van der Waals surface area contributed by atoms with Crippen LogP contribution in [0.1, 0.15) is 29.8 Å². The normalized spacial score (nSPS) is 10.4. The predicted octanol–water partition coefficient (Wildman–Crippen LogP) is 2.73.